The van der Waals surface area contributed by atoms with Gasteiger partial charge in [0.1, 0.15) is 0 Å². The highest BCUT2D eigenvalue weighted by atomic mass is 32.2. The number of sulfone groups is 2. The standard InChI is InChI=1S/C19H25NO6S2/c1-20(11-10-14-6-9-17(25-2)18(12-14)26-3)16-8-7-15(27(4,21)22)13-19(16)28(5,23)24/h6-9,12-13H,10-11H2,1-5H3. The highest BCUT2D eigenvalue weighted by molar-refractivity contribution is 7.91. The van der Waals surface area contributed by atoms with Gasteiger partial charge in [-0.25, -0.2) is 16.8 Å². The van der Waals surface area contributed by atoms with Crippen LogP contribution in [0.25, 0.3) is 0 Å². The normalized spacial score (nSPS) is 11.9. The summed E-state index contributed by atoms with van der Waals surface area (Å²) in [4.78, 5) is 1.76. The Kier molecular flexibility index (Phi) is 6.61. The number of anilines is 1. The SMILES string of the molecule is COc1ccc(CCN(C)c2ccc(S(C)(=O)=O)cc2S(C)(=O)=O)cc1OC. The van der Waals surface area contributed by atoms with Crippen LogP contribution in [0.1, 0.15) is 5.56 Å². The zero-order valence-corrected chi connectivity index (χ0v) is 18.2. The van der Waals surface area contributed by atoms with Crippen molar-refractivity contribution in [1.29, 1.82) is 0 Å². The molecule has 0 spiro atoms. The van der Waals surface area contributed by atoms with Crippen LogP contribution in [0, 0.1) is 0 Å². The van der Waals surface area contributed by atoms with Crippen molar-refractivity contribution in [1.82, 2.24) is 0 Å². The van der Waals surface area contributed by atoms with Crippen LogP contribution in [0.15, 0.2) is 46.2 Å². The van der Waals surface area contributed by atoms with E-state index in [9.17, 15) is 16.8 Å². The van der Waals surface area contributed by atoms with Gasteiger partial charge in [-0.2, -0.15) is 0 Å². The van der Waals surface area contributed by atoms with E-state index in [4.69, 9.17) is 9.47 Å². The van der Waals surface area contributed by atoms with E-state index < -0.39 is 19.7 Å². The maximum Gasteiger partial charge on any atom is 0.177 e. The summed E-state index contributed by atoms with van der Waals surface area (Å²) in [5, 5.41) is 0. The number of rotatable bonds is 8. The molecule has 7 nitrogen and oxygen atoms in total. The Morgan fingerprint density at radius 1 is 0.857 bits per heavy atom. The van der Waals surface area contributed by atoms with Gasteiger partial charge in [-0.1, -0.05) is 6.07 Å². The lowest BCUT2D eigenvalue weighted by Gasteiger charge is -2.22. The molecule has 0 atom stereocenters. The van der Waals surface area contributed by atoms with Crippen molar-refractivity contribution in [3.8, 4) is 11.5 Å². The molecule has 0 fully saturated rings. The number of hydrogen-bond acceptors (Lipinski definition) is 7. The highest BCUT2D eigenvalue weighted by Gasteiger charge is 2.20. The summed E-state index contributed by atoms with van der Waals surface area (Å²) in [6, 6.07) is 9.77. The van der Waals surface area contributed by atoms with Crippen LogP contribution < -0.4 is 14.4 Å². The fourth-order valence-electron chi connectivity index (χ4n) is 2.79. The molecule has 0 aliphatic rings. The second kappa shape index (κ2) is 8.40. The predicted molar refractivity (Wildman–Crippen MR) is 109 cm³/mol. The third-order valence-electron chi connectivity index (χ3n) is 4.35. The van der Waals surface area contributed by atoms with Gasteiger partial charge in [-0.05, 0) is 42.3 Å². The molecule has 2 rings (SSSR count). The molecular weight excluding hydrogens is 402 g/mol. The summed E-state index contributed by atoms with van der Waals surface area (Å²) in [7, 11) is -2.21. The predicted octanol–water partition coefficient (Wildman–Crippen LogP) is 2.19. The van der Waals surface area contributed by atoms with Crippen molar-refractivity contribution in [2.45, 2.75) is 16.2 Å². The Bertz CT molecular complexity index is 1060. The maximum absolute atomic E-state index is 12.2. The summed E-state index contributed by atoms with van der Waals surface area (Å²) < 4.78 is 58.5. The molecule has 0 bridgehead atoms. The van der Waals surface area contributed by atoms with Crippen molar-refractivity contribution in [3.05, 3.63) is 42.0 Å². The van der Waals surface area contributed by atoms with Crippen molar-refractivity contribution in [2.24, 2.45) is 0 Å². The van der Waals surface area contributed by atoms with E-state index in [0.717, 1.165) is 18.1 Å². The molecule has 2 aromatic carbocycles. The number of likely N-dealkylation sites (N-methyl/N-ethyl adjacent to an activating group) is 1. The fraction of sp³-hybridized carbons (Fsp3) is 0.368. The van der Waals surface area contributed by atoms with Gasteiger partial charge in [0.15, 0.2) is 31.2 Å². The fourth-order valence-corrected chi connectivity index (χ4v) is 4.46. The first-order chi connectivity index (χ1) is 13.0. The Hall–Kier alpha value is -2.26. The summed E-state index contributed by atoms with van der Waals surface area (Å²) in [5.41, 5.74) is 1.45. The van der Waals surface area contributed by atoms with Crippen LogP contribution in [0.2, 0.25) is 0 Å². The molecule has 28 heavy (non-hydrogen) atoms. The molecule has 0 aromatic heterocycles. The van der Waals surface area contributed by atoms with Crippen LogP contribution in [-0.4, -0.2) is 57.2 Å². The number of ether oxygens (including phenoxy) is 2. The van der Waals surface area contributed by atoms with E-state index >= 15 is 0 Å². The largest absolute Gasteiger partial charge is 0.493 e. The number of hydrogen-bond donors (Lipinski definition) is 0. The first kappa shape index (κ1) is 22.0. The Labute approximate surface area is 166 Å². The summed E-state index contributed by atoms with van der Waals surface area (Å²) in [6.07, 6.45) is 2.75. The van der Waals surface area contributed by atoms with Crippen LogP contribution in [0.4, 0.5) is 5.69 Å². The first-order valence-corrected chi connectivity index (χ1v) is 12.2. The average Bonchev–Trinajstić information content (AvgIpc) is 2.63. The number of nitrogens with zero attached hydrogens (tertiary/aromatic N) is 1. The summed E-state index contributed by atoms with van der Waals surface area (Å²) in [6.45, 7) is 0.524. The molecule has 2 aromatic rings. The highest BCUT2D eigenvalue weighted by Crippen LogP contribution is 2.30. The van der Waals surface area contributed by atoms with Crippen molar-refractivity contribution in [2.75, 3.05) is 45.2 Å². The van der Waals surface area contributed by atoms with Crippen LogP contribution in [0.5, 0.6) is 11.5 Å². The summed E-state index contributed by atoms with van der Waals surface area (Å²) in [5.74, 6) is 1.26. The van der Waals surface area contributed by atoms with Gasteiger partial charge < -0.3 is 14.4 Å². The Balaban J connectivity index is 2.30. The second-order valence-corrected chi connectivity index (χ2v) is 10.5. The van der Waals surface area contributed by atoms with Crippen LogP contribution >= 0.6 is 0 Å². The van der Waals surface area contributed by atoms with E-state index in [-0.39, 0.29) is 9.79 Å². The van der Waals surface area contributed by atoms with Gasteiger partial charge in [0.2, 0.25) is 0 Å². The third-order valence-corrected chi connectivity index (χ3v) is 6.59. The Morgan fingerprint density at radius 3 is 2.04 bits per heavy atom. The topological polar surface area (TPSA) is 90.0 Å². The number of methoxy groups -OCH3 is 2. The van der Waals surface area contributed by atoms with E-state index in [1.54, 1.807) is 26.2 Å². The van der Waals surface area contributed by atoms with Gasteiger partial charge in [-0.3, -0.25) is 0 Å². The third kappa shape index (κ3) is 5.17. The lowest BCUT2D eigenvalue weighted by molar-refractivity contribution is 0.354. The van der Waals surface area contributed by atoms with Gasteiger partial charge in [0, 0.05) is 26.1 Å². The van der Waals surface area contributed by atoms with E-state index in [1.807, 2.05) is 18.2 Å². The molecule has 0 saturated heterocycles. The van der Waals surface area contributed by atoms with Crippen LogP contribution in [0.3, 0.4) is 0 Å². The lowest BCUT2D eigenvalue weighted by atomic mass is 10.1. The van der Waals surface area contributed by atoms with Crippen LogP contribution in [-0.2, 0) is 26.1 Å². The molecular formula is C19H25NO6S2. The van der Waals surface area contributed by atoms with Gasteiger partial charge in [0.25, 0.3) is 0 Å². The molecule has 0 aliphatic carbocycles. The zero-order valence-electron chi connectivity index (χ0n) is 16.6. The van der Waals surface area contributed by atoms with Crippen molar-refractivity contribution < 1.29 is 26.3 Å². The van der Waals surface area contributed by atoms with E-state index in [0.29, 0.717) is 30.2 Å². The molecule has 154 valence electrons. The van der Waals surface area contributed by atoms with E-state index in [2.05, 4.69) is 0 Å². The smallest absolute Gasteiger partial charge is 0.177 e. The minimum Gasteiger partial charge on any atom is -0.493 e. The van der Waals surface area contributed by atoms with Gasteiger partial charge in [-0.15, -0.1) is 0 Å². The molecule has 0 heterocycles. The van der Waals surface area contributed by atoms with Crippen molar-refractivity contribution in [3.63, 3.8) is 0 Å². The van der Waals surface area contributed by atoms with Crippen molar-refractivity contribution >= 4 is 25.4 Å². The second-order valence-electron chi connectivity index (χ2n) is 6.53. The molecule has 0 saturated carbocycles. The van der Waals surface area contributed by atoms with Gasteiger partial charge >= 0.3 is 0 Å². The molecule has 0 unspecified atom stereocenters. The zero-order chi connectivity index (χ0) is 21.1. The lowest BCUT2D eigenvalue weighted by Crippen LogP contribution is -2.22. The molecule has 0 amide bonds. The monoisotopic (exact) mass is 427 g/mol. The molecule has 0 radical (unpaired) electrons. The summed E-state index contributed by atoms with van der Waals surface area (Å²) >= 11 is 0. The minimum atomic E-state index is -3.61. The quantitative estimate of drug-likeness (QED) is 0.638. The van der Waals surface area contributed by atoms with E-state index in [1.165, 1.54) is 18.2 Å². The Morgan fingerprint density at radius 2 is 1.50 bits per heavy atom. The van der Waals surface area contributed by atoms with Gasteiger partial charge in [0.05, 0.1) is 29.7 Å². The number of benzene rings is 2. The molecule has 0 N–H and O–H groups in total. The maximum atomic E-state index is 12.2. The average molecular weight is 428 g/mol. The first-order valence-electron chi connectivity index (χ1n) is 8.43. The molecule has 0 aliphatic heterocycles. The minimum absolute atomic E-state index is 0.00904. The molecule has 9 heteroatoms.